The van der Waals surface area contributed by atoms with Crippen LogP contribution in [0.15, 0.2) is 12.1 Å². The number of phenolic OH excluding ortho intramolecular Hbond substituents is 1. The van der Waals surface area contributed by atoms with Crippen LogP contribution in [0, 0.1) is 0 Å². The van der Waals surface area contributed by atoms with Gasteiger partial charge >= 0.3 is 0 Å². The molecule has 7 heteroatoms. The Labute approximate surface area is 147 Å². The Morgan fingerprint density at radius 2 is 1.46 bits per heavy atom. The van der Waals surface area contributed by atoms with Gasteiger partial charge in [0.05, 0.1) is 0 Å². The van der Waals surface area contributed by atoms with Crippen LogP contribution in [-0.4, -0.2) is 20.1 Å². The molecule has 0 bridgehead atoms. The number of nitrogens with one attached hydrogen (secondary N) is 1. The van der Waals surface area contributed by atoms with Crippen molar-refractivity contribution in [1.82, 2.24) is 15.0 Å². The number of anilines is 3. The summed E-state index contributed by atoms with van der Waals surface area (Å²) in [6.07, 6.45) is 0. The number of benzene rings is 1. The number of nitrogens with zero attached hydrogens (tertiary/aromatic N) is 3. The van der Waals surface area contributed by atoms with Gasteiger partial charge in [-0.15, -0.1) is 0 Å². The van der Waals surface area contributed by atoms with Gasteiger partial charge in [0.15, 0.2) is 0 Å². The standard InChI is InChI=1S/C17H24ClN5O/c1-16(2,3)10-7-9(8-11(12(10)24)17(4,5)6)20-15-22-13(18)21-14(19)23-15/h7-8,24H,1-6H3,(H3,19,20,21,22,23). The molecular formula is C17H24ClN5O. The molecule has 6 nitrogen and oxygen atoms in total. The maximum Gasteiger partial charge on any atom is 0.233 e. The van der Waals surface area contributed by atoms with Crippen molar-refractivity contribution in [1.29, 1.82) is 0 Å². The first-order chi connectivity index (χ1) is 10.9. The van der Waals surface area contributed by atoms with Crippen molar-refractivity contribution in [2.24, 2.45) is 0 Å². The van der Waals surface area contributed by atoms with Gasteiger partial charge in [0.1, 0.15) is 5.75 Å². The second-order valence-corrected chi connectivity index (χ2v) is 8.17. The number of nitrogen functional groups attached to an aromatic ring is 1. The largest absolute Gasteiger partial charge is 0.507 e. The smallest absolute Gasteiger partial charge is 0.233 e. The summed E-state index contributed by atoms with van der Waals surface area (Å²) < 4.78 is 0. The predicted octanol–water partition coefficient (Wildman–Crippen LogP) is 4.15. The highest BCUT2D eigenvalue weighted by Gasteiger charge is 2.26. The minimum absolute atomic E-state index is 0.0240. The van der Waals surface area contributed by atoms with Gasteiger partial charge < -0.3 is 16.2 Å². The quantitative estimate of drug-likeness (QED) is 0.704. The van der Waals surface area contributed by atoms with E-state index in [-0.39, 0.29) is 28.0 Å². The summed E-state index contributed by atoms with van der Waals surface area (Å²) in [5, 5.41) is 13.9. The summed E-state index contributed by atoms with van der Waals surface area (Å²) in [5.41, 5.74) is 7.59. The molecule has 24 heavy (non-hydrogen) atoms. The number of rotatable bonds is 2. The second-order valence-electron chi connectivity index (χ2n) is 7.83. The van der Waals surface area contributed by atoms with Crippen LogP contribution >= 0.6 is 11.6 Å². The van der Waals surface area contributed by atoms with Crippen LogP contribution in [0.1, 0.15) is 52.7 Å². The zero-order chi connectivity index (χ0) is 18.3. The minimum Gasteiger partial charge on any atom is -0.507 e. The molecule has 0 aliphatic carbocycles. The number of hydrogen-bond donors (Lipinski definition) is 3. The van der Waals surface area contributed by atoms with Gasteiger partial charge in [0.2, 0.25) is 17.2 Å². The fourth-order valence-electron chi connectivity index (χ4n) is 2.40. The lowest BCUT2D eigenvalue weighted by molar-refractivity contribution is 0.423. The Kier molecular flexibility index (Phi) is 4.63. The number of nitrogens with two attached hydrogens (primary N) is 1. The first-order valence-electron chi connectivity index (χ1n) is 7.70. The highest BCUT2D eigenvalue weighted by molar-refractivity contribution is 6.28. The van der Waals surface area contributed by atoms with Gasteiger partial charge in [0, 0.05) is 16.8 Å². The van der Waals surface area contributed by atoms with Crippen LogP contribution in [0.2, 0.25) is 5.28 Å². The van der Waals surface area contributed by atoms with E-state index in [9.17, 15) is 5.11 Å². The van der Waals surface area contributed by atoms with Crippen LogP contribution in [0.25, 0.3) is 0 Å². The molecule has 2 rings (SSSR count). The number of halogens is 1. The van der Waals surface area contributed by atoms with Gasteiger partial charge in [-0.1, -0.05) is 41.5 Å². The topological polar surface area (TPSA) is 97.0 Å². The third kappa shape index (κ3) is 4.06. The lowest BCUT2D eigenvalue weighted by Crippen LogP contribution is -2.18. The molecule has 1 aromatic carbocycles. The van der Waals surface area contributed by atoms with Crippen LogP contribution in [0.5, 0.6) is 5.75 Å². The van der Waals surface area contributed by atoms with Gasteiger partial charge in [-0.2, -0.15) is 15.0 Å². The second kappa shape index (κ2) is 6.09. The van der Waals surface area contributed by atoms with E-state index < -0.39 is 0 Å². The first-order valence-corrected chi connectivity index (χ1v) is 8.08. The SMILES string of the molecule is CC(C)(C)c1cc(Nc2nc(N)nc(Cl)n2)cc(C(C)(C)C)c1O. The molecule has 0 saturated carbocycles. The maximum atomic E-state index is 10.7. The molecule has 0 atom stereocenters. The molecule has 0 radical (unpaired) electrons. The average Bonchev–Trinajstić information content (AvgIpc) is 2.36. The maximum absolute atomic E-state index is 10.7. The molecule has 0 amide bonds. The summed E-state index contributed by atoms with van der Waals surface area (Å²) in [6, 6.07) is 3.77. The molecule has 2 aromatic rings. The van der Waals surface area contributed by atoms with E-state index in [0.717, 1.165) is 16.8 Å². The van der Waals surface area contributed by atoms with Gasteiger partial charge in [-0.3, -0.25) is 0 Å². The lowest BCUT2D eigenvalue weighted by Gasteiger charge is -2.28. The number of phenols is 1. The molecule has 0 fully saturated rings. The Morgan fingerprint density at radius 3 is 1.88 bits per heavy atom. The number of hydrogen-bond acceptors (Lipinski definition) is 6. The average molecular weight is 350 g/mol. The van der Waals surface area contributed by atoms with E-state index >= 15 is 0 Å². The number of aromatic nitrogens is 3. The molecule has 0 saturated heterocycles. The van der Waals surface area contributed by atoms with Crippen molar-refractivity contribution in [2.45, 2.75) is 52.4 Å². The third-order valence-corrected chi connectivity index (χ3v) is 3.78. The molecule has 1 aromatic heterocycles. The Hall–Kier alpha value is -2.08. The number of aromatic hydroxyl groups is 1. The van der Waals surface area contributed by atoms with Crippen molar-refractivity contribution >= 4 is 29.2 Å². The van der Waals surface area contributed by atoms with Crippen molar-refractivity contribution in [3.05, 3.63) is 28.5 Å². The third-order valence-electron chi connectivity index (χ3n) is 3.61. The van der Waals surface area contributed by atoms with Crippen molar-refractivity contribution in [2.75, 3.05) is 11.1 Å². The van der Waals surface area contributed by atoms with Crippen LogP contribution in [0.4, 0.5) is 17.6 Å². The fraction of sp³-hybridized carbons (Fsp3) is 0.471. The first kappa shape index (κ1) is 18.3. The molecular weight excluding hydrogens is 326 g/mol. The zero-order valence-corrected chi connectivity index (χ0v) is 15.7. The molecule has 0 aliphatic heterocycles. The summed E-state index contributed by atoms with van der Waals surface area (Å²) in [7, 11) is 0. The molecule has 0 aliphatic rings. The van der Waals surface area contributed by atoms with E-state index in [1.807, 2.05) is 12.1 Å². The Balaban J connectivity index is 2.58. The summed E-state index contributed by atoms with van der Waals surface area (Å²) in [6.45, 7) is 12.3. The van der Waals surface area contributed by atoms with Crippen LogP contribution in [-0.2, 0) is 10.8 Å². The predicted molar refractivity (Wildman–Crippen MR) is 98.0 cm³/mol. The van der Waals surface area contributed by atoms with Gasteiger partial charge in [0.25, 0.3) is 0 Å². The highest BCUT2D eigenvalue weighted by Crippen LogP contribution is 2.41. The Bertz CT molecular complexity index is 707. The van der Waals surface area contributed by atoms with Gasteiger partial charge in [-0.05, 0) is 34.6 Å². The fourth-order valence-corrected chi connectivity index (χ4v) is 2.57. The van der Waals surface area contributed by atoms with E-state index in [4.69, 9.17) is 17.3 Å². The van der Waals surface area contributed by atoms with E-state index in [1.54, 1.807) is 0 Å². The lowest BCUT2D eigenvalue weighted by atomic mass is 9.79. The molecule has 0 unspecified atom stereocenters. The summed E-state index contributed by atoms with van der Waals surface area (Å²) >= 11 is 5.83. The molecule has 4 N–H and O–H groups in total. The highest BCUT2D eigenvalue weighted by atomic mass is 35.5. The normalized spacial score (nSPS) is 12.3. The van der Waals surface area contributed by atoms with Crippen LogP contribution in [0.3, 0.4) is 0 Å². The monoisotopic (exact) mass is 349 g/mol. The summed E-state index contributed by atoms with van der Waals surface area (Å²) in [5.74, 6) is 0.620. The summed E-state index contributed by atoms with van der Waals surface area (Å²) in [4.78, 5) is 11.8. The van der Waals surface area contributed by atoms with E-state index in [1.165, 1.54) is 0 Å². The van der Waals surface area contributed by atoms with Crippen LogP contribution < -0.4 is 11.1 Å². The molecule has 130 valence electrons. The van der Waals surface area contributed by atoms with Gasteiger partial charge in [-0.25, -0.2) is 0 Å². The van der Waals surface area contributed by atoms with Crippen molar-refractivity contribution in [3.63, 3.8) is 0 Å². The Morgan fingerprint density at radius 1 is 0.958 bits per heavy atom. The van der Waals surface area contributed by atoms with E-state index in [0.29, 0.717) is 5.75 Å². The van der Waals surface area contributed by atoms with Crippen molar-refractivity contribution in [3.8, 4) is 5.75 Å². The van der Waals surface area contributed by atoms with E-state index in [2.05, 4.69) is 61.8 Å². The minimum atomic E-state index is -0.225. The van der Waals surface area contributed by atoms with Crippen molar-refractivity contribution < 1.29 is 5.11 Å². The molecule has 1 heterocycles. The zero-order valence-electron chi connectivity index (χ0n) is 14.9. The molecule has 0 spiro atoms.